The van der Waals surface area contributed by atoms with Gasteiger partial charge in [-0.2, -0.15) is 0 Å². The summed E-state index contributed by atoms with van der Waals surface area (Å²) in [5.74, 6) is 0.963. The van der Waals surface area contributed by atoms with Crippen molar-refractivity contribution < 1.29 is 14.3 Å². The lowest BCUT2D eigenvalue weighted by Gasteiger charge is -2.16. The van der Waals surface area contributed by atoms with Gasteiger partial charge in [0.05, 0.1) is 18.2 Å². The second kappa shape index (κ2) is 8.39. The Balaban J connectivity index is 2.32. The van der Waals surface area contributed by atoms with Crippen LogP contribution in [0.1, 0.15) is 40.4 Å². The number of ether oxygens (including phenoxy) is 2. The predicted octanol–water partition coefficient (Wildman–Crippen LogP) is 5.42. The molecule has 0 bridgehead atoms. The van der Waals surface area contributed by atoms with Crippen molar-refractivity contribution in [3.05, 3.63) is 51.0 Å². The average molecular weight is 406 g/mol. The summed E-state index contributed by atoms with van der Waals surface area (Å²) in [6.45, 7) is 8.65. The molecule has 0 atom stereocenters. The first kappa shape index (κ1) is 19.3. The Kier molecular flexibility index (Phi) is 6.48. The van der Waals surface area contributed by atoms with E-state index in [4.69, 9.17) is 9.47 Å². The molecule has 0 heterocycles. The monoisotopic (exact) mass is 405 g/mol. The molecule has 134 valence electrons. The zero-order valence-corrected chi connectivity index (χ0v) is 16.9. The highest BCUT2D eigenvalue weighted by Crippen LogP contribution is 2.37. The van der Waals surface area contributed by atoms with Crippen molar-refractivity contribution in [1.29, 1.82) is 0 Å². The summed E-state index contributed by atoms with van der Waals surface area (Å²) in [7, 11) is 1.57. The van der Waals surface area contributed by atoms with Gasteiger partial charge in [0.1, 0.15) is 0 Å². The predicted molar refractivity (Wildman–Crippen MR) is 105 cm³/mol. The van der Waals surface area contributed by atoms with Crippen molar-refractivity contribution in [2.75, 3.05) is 19.0 Å². The number of benzene rings is 2. The number of hydrogen-bond acceptors (Lipinski definition) is 3. The minimum Gasteiger partial charge on any atom is -0.493 e. The second-order valence-corrected chi connectivity index (χ2v) is 6.92. The van der Waals surface area contributed by atoms with Crippen LogP contribution in [0.15, 0.2) is 28.7 Å². The van der Waals surface area contributed by atoms with Gasteiger partial charge in [0.2, 0.25) is 0 Å². The van der Waals surface area contributed by atoms with Crippen LogP contribution in [0, 0.1) is 20.8 Å². The van der Waals surface area contributed by atoms with Crippen LogP contribution in [-0.4, -0.2) is 19.6 Å². The lowest BCUT2D eigenvalue weighted by Crippen LogP contribution is -2.14. The van der Waals surface area contributed by atoms with Gasteiger partial charge in [0.15, 0.2) is 11.5 Å². The summed E-state index contributed by atoms with van der Waals surface area (Å²) >= 11 is 3.48. The largest absolute Gasteiger partial charge is 0.493 e. The summed E-state index contributed by atoms with van der Waals surface area (Å²) in [6, 6.07) is 7.56. The quantitative estimate of drug-likeness (QED) is 0.697. The van der Waals surface area contributed by atoms with Crippen LogP contribution >= 0.6 is 15.9 Å². The lowest BCUT2D eigenvalue weighted by molar-refractivity contribution is 0.102. The van der Waals surface area contributed by atoms with E-state index in [0.717, 1.165) is 23.2 Å². The van der Waals surface area contributed by atoms with E-state index in [-0.39, 0.29) is 5.91 Å². The van der Waals surface area contributed by atoms with E-state index in [9.17, 15) is 4.79 Å². The SMILES string of the molecule is CCCOc1c(Br)cc(C(=O)Nc2c(C)cc(C)cc2C)cc1OC. The smallest absolute Gasteiger partial charge is 0.255 e. The molecule has 0 fully saturated rings. The Morgan fingerprint density at radius 2 is 1.76 bits per heavy atom. The first-order valence-electron chi connectivity index (χ1n) is 8.26. The number of anilines is 1. The highest BCUT2D eigenvalue weighted by Gasteiger charge is 2.17. The Bertz CT molecular complexity index is 764. The molecule has 0 radical (unpaired) electrons. The minimum absolute atomic E-state index is 0.184. The minimum atomic E-state index is -0.184. The van der Waals surface area contributed by atoms with Crippen LogP contribution in [0.5, 0.6) is 11.5 Å². The standard InChI is InChI=1S/C20H24BrNO3/c1-6-7-25-19-16(21)10-15(11-17(19)24-5)20(23)22-18-13(3)8-12(2)9-14(18)4/h8-11H,6-7H2,1-5H3,(H,22,23). The molecule has 0 aromatic heterocycles. The van der Waals surface area contributed by atoms with Crippen molar-refractivity contribution in [2.45, 2.75) is 34.1 Å². The van der Waals surface area contributed by atoms with E-state index >= 15 is 0 Å². The summed E-state index contributed by atoms with van der Waals surface area (Å²) in [6.07, 6.45) is 0.893. The van der Waals surface area contributed by atoms with E-state index < -0.39 is 0 Å². The molecule has 0 aliphatic heterocycles. The molecule has 5 heteroatoms. The molecule has 0 saturated heterocycles. The van der Waals surface area contributed by atoms with E-state index in [1.807, 2.05) is 27.7 Å². The van der Waals surface area contributed by atoms with E-state index in [0.29, 0.717) is 28.1 Å². The van der Waals surface area contributed by atoms with Crippen LogP contribution < -0.4 is 14.8 Å². The highest BCUT2D eigenvalue weighted by molar-refractivity contribution is 9.10. The third kappa shape index (κ3) is 4.54. The maximum absolute atomic E-state index is 12.7. The molecule has 0 unspecified atom stereocenters. The van der Waals surface area contributed by atoms with Crippen LogP contribution in [0.25, 0.3) is 0 Å². The first-order chi connectivity index (χ1) is 11.9. The highest BCUT2D eigenvalue weighted by atomic mass is 79.9. The molecule has 0 saturated carbocycles. The maximum atomic E-state index is 12.7. The van der Waals surface area contributed by atoms with Gasteiger partial charge in [0, 0.05) is 11.3 Å². The van der Waals surface area contributed by atoms with Crippen LogP contribution in [0.4, 0.5) is 5.69 Å². The van der Waals surface area contributed by atoms with Crippen molar-refractivity contribution in [3.63, 3.8) is 0 Å². The molecule has 25 heavy (non-hydrogen) atoms. The molecule has 2 aromatic rings. The molecule has 0 aliphatic rings. The average Bonchev–Trinajstić information content (AvgIpc) is 2.56. The summed E-state index contributed by atoms with van der Waals surface area (Å²) < 4.78 is 11.8. The third-order valence-electron chi connectivity index (χ3n) is 3.86. The molecule has 1 N–H and O–H groups in total. The number of amides is 1. The molecule has 0 aliphatic carbocycles. The second-order valence-electron chi connectivity index (χ2n) is 6.07. The number of carbonyl (C=O) groups is 1. The third-order valence-corrected chi connectivity index (χ3v) is 4.45. The Morgan fingerprint density at radius 3 is 2.32 bits per heavy atom. The van der Waals surface area contributed by atoms with Gasteiger partial charge in [-0.15, -0.1) is 0 Å². The fourth-order valence-corrected chi connectivity index (χ4v) is 3.31. The van der Waals surface area contributed by atoms with Gasteiger partial charge < -0.3 is 14.8 Å². The van der Waals surface area contributed by atoms with Gasteiger partial charge >= 0.3 is 0 Å². The Morgan fingerprint density at radius 1 is 1.12 bits per heavy atom. The lowest BCUT2D eigenvalue weighted by atomic mass is 10.0. The summed E-state index contributed by atoms with van der Waals surface area (Å²) in [4.78, 5) is 12.7. The van der Waals surface area contributed by atoms with Crippen LogP contribution in [0.3, 0.4) is 0 Å². The van der Waals surface area contributed by atoms with Crippen molar-refractivity contribution in [1.82, 2.24) is 0 Å². The molecular weight excluding hydrogens is 382 g/mol. The number of methoxy groups -OCH3 is 1. The zero-order chi connectivity index (χ0) is 18.6. The van der Waals surface area contributed by atoms with Gasteiger partial charge in [-0.05, 0) is 66.4 Å². The number of carbonyl (C=O) groups excluding carboxylic acids is 1. The first-order valence-corrected chi connectivity index (χ1v) is 9.06. The normalized spacial score (nSPS) is 10.5. The van der Waals surface area contributed by atoms with Gasteiger partial charge in [-0.1, -0.05) is 24.6 Å². The van der Waals surface area contributed by atoms with Gasteiger partial charge in [-0.3, -0.25) is 4.79 Å². The fraction of sp³-hybridized carbons (Fsp3) is 0.350. The number of nitrogens with one attached hydrogen (secondary N) is 1. The molecule has 2 aromatic carbocycles. The van der Waals surface area contributed by atoms with E-state index in [1.165, 1.54) is 5.56 Å². The molecule has 0 spiro atoms. The number of halogens is 1. The van der Waals surface area contributed by atoms with Crippen LogP contribution in [0.2, 0.25) is 0 Å². The summed E-state index contributed by atoms with van der Waals surface area (Å²) in [5, 5.41) is 3.01. The fourth-order valence-electron chi connectivity index (χ4n) is 2.76. The number of aryl methyl sites for hydroxylation is 3. The molecule has 1 amide bonds. The van der Waals surface area contributed by atoms with Crippen molar-refractivity contribution in [3.8, 4) is 11.5 Å². The number of hydrogen-bond donors (Lipinski definition) is 1. The zero-order valence-electron chi connectivity index (χ0n) is 15.3. The number of rotatable bonds is 6. The van der Waals surface area contributed by atoms with E-state index in [1.54, 1.807) is 19.2 Å². The maximum Gasteiger partial charge on any atom is 0.255 e. The molecule has 2 rings (SSSR count). The Labute approximate surface area is 157 Å². The van der Waals surface area contributed by atoms with Crippen molar-refractivity contribution in [2.24, 2.45) is 0 Å². The topological polar surface area (TPSA) is 47.6 Å². The van der Waals surface area contributed by atoms with E-state index in [2.05, 4.69) is 33.4 Å². The van der Waals surface area contributed by atoms with Crippen LogP contribution in [-0.2, 0) is 0 Å². The van der Waals surface area contributed by atoms with Gasteiger partial charge in [-0.25, -0.2) is 0 Å². The summed E-state index contributed by atoms with van der Waals surface area (Å²) in [5.41, 5.74) is 4.61. The van der Waals surface area contributed by atoms with Gasteiger partial charge in [0.25, 0.3) is 5.91 Å². The molecule has 4 nitrogen and oxygen atoms in total. The van der Waals surface area contributed by atoms with Crippen molar-refractivity contribution >= 4 is 27.5 Å². The Hall–Kier alpha value is -2.01. The molecular formula is C20H24BrNO3.